The zero-order valence-electron chi connectivity index (χ0n) is 8.90. The van der Waals surface area contributed by atoms with Crippen molar-refractivity contribution in [3.05, 3.63) is 11.8 Å². The van der Waals surface area contributed by atoms with Gasteiger partial charge in [0.15, 0.2) is 9.84 Å². The highest BCUT2D eigenvalue weighted by Crippen LogP contribution is 2.31. The van der Waals surface area contributed by atoms with Crippen molar-refractivity contribution in [2.45, 2.75) is 25.8 Å². The molecule has 0 spiro atoms. The first-order valence-corrected chi connectivity index (χ1v) is 6.68. The Balaban J connectivity index is 2.44. The van der Waals surface area contributed by atoms with Crippen molar-refractivity contribution in [1.29, 1.82) is 0 Å². The van der Waals surface area contributed by atoms with Gasteiger partial charge in [0.1, 0.15) is 5.82 Å². The Morgan fingerprint density at radius 1 is 1.60 bits per heavy atom. The van der Waals surface area contributed by atoms with Crippen LogP contribution in [0.4, 0.5) is 5.82 Å². The van der Waals surface area contributed by atoms with Gasteiger partial charge < -0.3 is 5.73 Å². The number of sulfone groups is 1. The Kier molecular flexibility index (Phi) is 2.08. The van der Waals surface area contributed by atoms with Crippen LogP contribution in [0, 0.1) is 6.92 Å². The molecule has 0 amide bonds. The molecule has 1 fully saturated rings. The molecular formula is C9H15N3O2S. The second kappa shape index (κ2) is 2.98. The fourth-order valence-electron chi connectivity index (χ4n) is 2.21. The molecule has 1 aromatic heterocycles. The number of rotatable bonds is 1. The fraction of sp³-hybridized carbons (Fsp3) is 0.667. The number of aromatic nitrogens is 2. The molecule has 0 aliphatic carbocycles. The molecule has 1 atom stereocenters. The quantitative estimate of drug-likeness (QED) is 0.751. The number of nitrogens with zero attached hydrogens (tertiary/aromatic N) is 2. The summed E-state index contributed by atoms with van der Waals surface area (Å²) < 4.78 is 24.7. The summed E-state index contributed by atoms with van der Waals surface area (Å²) in [5, 5.41) is 4.16. The summed E-state index contributed by atoms with van der Waals surface area (Å²) in [5.74, 6) is 0.836. The van der Waals surface area contributed by atoms with Crippen LogP contribution in [0.25, 0.3) is 0 Å². The third-order valence-electron chi connectivity index (χ3n) is 2.90. The van der Waals surface area contributed by atoms with E-state index in [1.807, 2.05) is 13.8 Å². The van der Waals surface area contributed by atoms with Crippen LogP contribution in [0.5, 0.6) is 0 Å². The van der Waals surface area contributed by atoms with E-state index >= 15 is 0 Å². The first kappa shape index (κ1) is 10.5. The first-order valence-electron chi connectivity index (χ1n) is 4.85. The first-order chi connectivity index (χ1) is 6.82. The van der Waals surface area contributed by atoms with E-state index in [1.54, 1.807) is 10.7 Å². The highest BCUT2D eigenvalue weighted by Gasteiger charge is 2.41. The minimum Gasteiger partial charge on any atom is -0.382 e. The molecule has 1 saturated heterocycles. The van der Waals surface area contributed by atoms with Crippen molar-refractivity contribution < 1.29 is 8.42 Å². The van der Waals surface area contributed by atoms with Crippen LogP contribution in [0.15, 0.2) is 6.07 Å². The van der Waals surface area contributed by atoms with Crippen molar-refractivity contribution in [2.24, 2.45) is 0 Å². The lowest BCUT2D eigenvalue weighted by atomic mass is 10.0. The standard InChI is InChI=1S/C9H15N3O2S/c1-7-5-8(10)11-12(7)9(2)3-4-15(13,14)6-9/h5H,3-4,6H2,1-2H3,(H2,10,11). The summed E-state index contributed by atoms with van der Waals surface area (Å²) in [6, 6.07) is 1.76. The molecule has 2 N–H and O–H groups in total. The summed E-state index contributed by atoms with van der Waals surface area (Å²) in [4.78, 5) is 0. The molecule has 1 aliphatic heterocycles. The number of anilines is 1. The molecule has 15 heavy (non-hydrogen) atoms. The average Bonchev–Trinajstić information content (AvgIpc) is 2.54. The SMILES string of the molecule is Cc1cc(N)nn1C1(C)CCS(=O)(=O)C1. The van der Waals surface area contributed by atoms with E-state index in [2.05, 4.69) is 5.10 Å². The van der Waals surface area contributed by atoms with E-state index in [0.29, 0.717) is 12.2 Å². The summed E-state index contributed by atoms with van der Waals surface area (Å²) >= 11 is 0. The van der Waals surface area contributed by atoms with Gasteiger partial charge in [0.25, 0.3) is 0 Å². The Labute approximate surface area is 89.2 Å². The van der Waals surface area contributed by atoms with Crippen molar-refractivity contribution in [3.63, 3.8) is 0 Å². The molecule has 6 heteroatoms. The van der Waals surface area contributed by atoms with Crippen molar-refractivity contribution >= 4 is 15.7 Å². The lowest BCUT2D eigenvalue weighted by Gasteiger charge is -2.24. The zero-order chi connectivity index (χ0) is 11.3. The van der Waals surface area contributed by atoms with Crippen LogP contribution in [0.3, 0.4) is 0 Å². The fourth-order valence-corrected chi connectivity index (χ4v) is 4.31. The lowest BCUT2D eigenvalue weighted by Crippen LogP contribution is -2.33. The van der Waals surface area contributed by atoms with Gasteiger partial charge in [-0.25, -0.2) is 8.42 Å². The zero-order valence-corrected chi connectivity index (χ0v) is 9.71. The normalized spacial score (nSPS) is 29.5. The molecule has 2 rings (SSSR count). The van der Waals surface area contributed by atoms with Gasteiger partial charge in [-0.3, -0.25) is 4.68 Å². The van der Waals surface area contributed by atoms with Crippen molar-refractivity contribution in [3.8, 4) is 0 Å². The predicted octanol–water partition coefficient (Wildman–Crippen LogP) is 0.307. The Morgan fingerprint density at radius 2 is 2.27 bits per heavy atom. The van der Waals surface area contributed by atoms with Crippen molar-refractivity contribution in [1.82, 2.24) is 9.78 Å². The molecule has 1 unspecified atom stereocenters. The third-order valence-corrected chi connectivity index (χ3v) is 4.79. The smallest absolute Gasteiger partial charge is 0.152 e. The Morgan fingerprint density at radius 3 is 2.67 bits per heavy atom. The largest absolute Gasteiger partial charge is 0.382 e. The minimum absolute atomic E-state index is 0.155. The van der Waals surface area contributed by atoms with Gasteiger partial charge in [-0.15, -0.1) is 0 Å². The number of nitrogen functional groups attached to an aromatic ring is 1. The molecular weight excluding hydrogens is 214 g/mol. The van der Waals surface area contributed by atoms with E-state index in [-0.39, 0.29) is 11.5 Å². The molecule has 1 aliphatic rings. The molecule has 0 radical (unpaired) electrons. The highest BCUT2D eigenvalue weighted by atomic mass is 32.2. The van der Waals surface area contributed by atoms with Gasteiger partial charge in [0.05, 0.1) is 17.0 Å². The molecule has 0 bridgehead atoms. The van der Waals surface area contributed by atoms with E-state index in [0.717, 1.165) is 5.69 Å². The van der Waals surface area contributed by atoms with Crippen molar-refractivity contribution in [2.75, 3.05) is 17.2 Å². The topological polar surface area (TPSA) is 78.0 Å². The summed E-state index contributed by atoms with van der Waals surface area (Å²) in [6.45, 7) is 3.80. The van der Waals surface area contributed by atoms with Crippen LogP contribution < -0.4 is 5.73 Å². The maximum atomic E-state index is 11.5. The molecule has 84 valence electrons. The predicted molar refractivity (Wildman–Crippen MR) is 58.3 cm³/mol. The van der Waals surface area contributed by atoms with E-state index in [9.17, 15) is 8.42 Å². The molecule has 0 saturated carbocycles. The van der Waals surface area contributed by atoms with Crippen LogP contribution in [0.2, 0.25) is 0 Å². The van der Waals surface area contributed by atoms with Crippen LogP contribution >= 0.6 is 0 Å². The maximum Gasteiger partial charge on any atom is 0.152 e. The number of hydrogen-bond acceptors (Lipinski definition) is 4. The van der Waals surface area contributed by atoms with Crippen LogP contribution in [-0.4, -0.2) is 29.7 Å². The average molecular weight is 229 g/mol. The van der Waals surface area contributed by atoms with Gasteiger partial charge in [0, 0.05) is 11.8 Å². The van der Waals surface area contributed by atoms with E-state index in [4.69, 9.17) is 5.73 Å². The van der Waals surface area contributed by atoms with Gasteiger partial charge in [-0.1, -0.05) is 0 Å². The Bertz CT molecular complexity index is 491. The second-order valence-electron chi connectivity index (χ2n) is 4.46. The number of hydrogen-bond donors (Lipinski definition) is 1. The second-order valence-corrected chi connectivity index (χ2v) is 6.65. The molecule has 1 aromatic rings. The minimum atomic E-state index is -2.91. The number of nitrogens with two attached hydrogens (primary N) is 1. The maximum absolute atomic E-state index is 11.5. The highest BCUT2D eigenvalue weighted by molar-refractivity contribution is 7.91. The van der Waals surface area contributed by atoms with Gasteiger partial charge in [0.2, 0.25) is 0 Å². The molecule has 2 heterocycles. The van der Waals surface area contributed by atoms with E-state index < -0.39 is 15.4 Å². The van der Waals surface area contributed by atoms with Gasteiger partial charge in [-0.05, 0) is 20.3 Å². The Hall–Kier alpha value is -1.04. The number of aryl methyl sites for hydroxylation is 1. The van der Waals surface area contributed by atoms with Crippen LogP contribution in [-0.2, 0) is 15.4 Å². The monoisotopic (exact) mass is 229 g/mol. The summed E-state index contributed by atoms with van der Waals surface area (Å²) in [6.07, 6.45) is 0.608. The van der Waals surface area contributed by atoms with Crippen LogP contribution in [0.1, 0.15) is 19.0 Å². The lowest BCUT2D eigenvalue weighted by molar-refractivity contribution is 0.323. The third kappa shape index (κ3) is 1.73. The molecule has 0 aromatic carbocycles. The van der Waals surface area contributed by atoms with Gasteiger partial charge in [-0.2, -0.15) is 5.10 Å². The summed E-state index contributed by atoms with van der Waals surface area (Å²) in [5.41, 5.74) is 6.07. The molecule has 5 nitrogen and oxygen atoms in total. The van der Waals surface area contributed by atoms with E-state index in [1.165, 1.54) is 0 Å². The van der Waals surface area contributed by atoms with Gasteiger partial charge >= 0.3 is 0 Å². The summed E-state index contributed by atoms with van der Waals surface area (Å²) in [7, 11) is -2.91.